The summed E-state index contributed by atoms with van der Waals surface area (Å²) in [7, 11) is 0. The van der Waals surface area contributed by atoms with Gasteiger partial charge in [0.25, 0.3) is 0 Å². The number of hydrogen-bond donors (Lipinski definition) is 1. The van der Waals surface area contributed by atoms with Gasteiger partial charge in [-0.05, 0) is 25.7 Å². The molecule has 0 aromatic heterocycles. The van der Waals surface area contributed by atoms with Gasteiger partial charge in [0.1, 0.15) is 26.4 Å². The molecule has 0 amide bonds. The van der Waals surface area contributed by atoms with Gasteiger partial charge in [0, 0.05) is 25.7 Å². The van der Waals surface area contributed by atoms with E-state index in [2.05, 4.69) is 33.0 Å². The lowest BCUT2D eigenvalue weighted by molar-refractivity contribution is -0.167. The second-order valence-corrected chi connectivity index (χ2v) is 15.6. The molecule has 59 heavy (non-hydrogen) atoms. The maximum atomic E-state index is 12.8. The maximum Gasteiger partial charge on any atom is 0.320 e. The zero-order valence-corrected chi connectivity index (χ0v) is 37.6. The molecule has 13 heteroatoms. The third-order valence-electron chi connectivity index (χ3n) is 9.79. The van der Waals surface area contributed by atoms with Crippen molar-refractivity contribution < 1.29 is 57.2 Å². The summed E-state index contributed by atoms with van der Waals surface area (Å²) in [6, 6.07) is 0. The van der Waals surface area contributed by atoms with Gasteiger partial charge in [0.05, 0.1) is 13.1 Å². The molecule has 0 aliphatic carbocycles. The Labute approximate surface area is 356 Å². The number of carbonyl (C=O) groups excluding carboxylic acids is 6. The number of hydrogen-bond acceptors (Lipinski definition) is 13. The zero-order valence-electron chi connectivity index (χ0n) is 37.6. The lowest BCUT2D eigenvalue weighted by atomic mass is 10.1. The smallest absolute Gasteiger partial charge is 0.320 e. The Morgan fingerprint density at radius 1 is 0.322 bits per heavy atom. The fourth-order valence-electron chi connectivity index (χ4n) is 6.18. The molecule has 0 aromatic carbocycles. The van der Waals surface area contributed by atoms with Crippen molar-refractivity contribution >= 4 is 35.8 Å². The summed E-state index contributed by atoms with van der Waals surface area (Å²) in [6.45, 7) is 6.70. The summed E-state index contributed by atoms with van der Waals surface area (Å²) in [4.78, 5) is 75.2. The minimum absolute atomic E-state index is 0.242. The molecule has 0 fully saturated rings. The van der Waals surface area contributed by atoms with Crippen molar-refractivity contribution in [3.05, 3.63) is 0 Å². The molecule has 0 bridgehead atoms. The van der Waals surface area contributed by atoms with Crippen LogP contribution in [0.2, 0.25) is 0 Å². The minimum Gasteiger partial charge on any atom is -0.462 e. The Morgan fingerprint density at radius 3 is 0.780 bits per heavy atom. The number of unbranched alkanes of at least 4 members (excludes halogenated alkanes) is 20. The molecule has 0 radical (unpaired) electrons. The van der Waals surface area contributed by atoms with E-state index in [1.54, 1.807) is 0 Å². The quantitative estimate of drug-likeness (QED) is 0.0351. The summed E-state index contributed by atoms with van der Waals surface area (Å²) >= 11 is 0. The first-order chi connectivity index (χ1) is 28.6. The molecule has 0 saturated carbocycles. The van der Waals surface area contributed by atoms with Crippen LogP contribution < -0.4 is 5.32 Å². The monoisotopic (exact) mass is 842 g/mol. The molecule has 13 nitrogen and oxygen atoms in total. The predicted molar refractivity (Wildman–Crippen MR) is 228 cm³/mol. The van der Waals surface area contributed by atoms with E-state index < -0.39 is 61.1 Å². The second-order valence-electron chi connectivity index (χ2n) is 15.6. The van der Waals surface area contributed by atoms with Crippen LogP contribution in [0.5, 0.6) is 0 Å². The van der Waals surface area contributed by atoms with E-state index in [-0.39, 0.29) is 52.1 Å². The Hall–Kier alpha value is -3.22. The summed E-state index contributed by atoms with van der Waals surface area (Å²) < 4.78 is 32.5. The van der Waals surface area contributed by atoms with Gasteiger partial charge >= 0.3 is 35.8 Å². The van der Waals surface area contributed by atoms with Crippen LogP contribution in [0.25, 0.3) is 0 Å². The van der Waals surface area contributed by atoms with Crippen molar-refractivity contribution in [3.63, 3.8) is 0 Å². The number of esters is 6. The molecule has 0 aliphatic rings. The first kappa shape index (κ1) is 55.8. The highest BCUT2D eigenvalue weighted by Crippen LogP contribution is 2.12. The Morgan fingerprint density at radius 2 is 0.542 bits per heavy atom. The number of ether oxygens (including phenoxy) is 6. The van der Waals surface area contributed by atoms with Crippen LogP contribution in [-0.4, -0.2) is 87.5 Å². The van der Waals surface area contributed by atoms with Gasteiger partial charge in [0.2, 0.25) is 0 Å². The van der Waals surface area contributed by atoms with Crippen LogP contribution in [-0.2, 0) is 57.2 Å². The van der Waals surface area contributed by atoms with E-state index >= 15 is 0 Å². The van der Waals surface area contributed by atoms with Crippen LogP contribution in [0, 0.1) is 0 Å². The number of nitrogens with one attached hydrogen (secondary N) is 1. The Bertz CT molecular complexity index is 938. The van der Waals surface area contributed by atoms with Gasteiger partial charge in [-0.3, -0.25) is 34.1 Å². The standard InChI is InChI=1S/C46H83NO12/c1-5-9-13-17-21-25-29-41(48)54-35-39(36-55-42(49)30-26-22-18-14-10-6-2)58-45(52)33-47-34-46(53)59-40(37-56-43(50)31-27-23-19-15-11-7-3)38-57-44(51)32-28-24-20-16-12-8-4/h39-40,47H,5-38H2,1-4H3. The number of carbonyl (C=O) groups is 6. The molecule has 344 valence electrons. The summed E-state index contributed by atoms with van der Waals surface area (Å²) in [6.07, 6.45) is 23.3. The topological polar surface area (TPSA) is 170 Å². The summed E-state index contributed by atoms with van der Waals surface area (Å²) in [5.74, 6) is -3.20. The molecule has 0 heterocycles. The third kappa shape index (κ3) is 38.7. The van der Waals surface area contributed by atoms with Gasteiger partial charge in [-0.1, -0.05) is 156 Å². The van der Waals surface area contributed by atoms with Gasteiger partial charge in [-0.25, -0.2) is 0 Å². The molecular formula is C46H83NO12. The van der Waals surface area contributed by atoms with E-state index in [1.165, 1.54) is 25.7 Å². The van der Waals surface area contributed by atoms with Crippen molar-refractivity contribution in [2.24, 2.45) is 0 Å². The lowest BCUT2D eigenvalue weighted by Crippen LogP contribution is -2.38. The predicted octanol–water partition coefficient (Wildman–Crippen LogP) is 9.57. The molecule has 0 aliphatic heterocycles. The van der Waals surface area contributed by atoms with Gasteiger partial charge < -0.3 is 28.4 Å². The molecule has 0 unspecified atom stereocenters. The SMILES string of the molecule is CCCCCCCCC(=O)OCC(COC(=O)CCCCCCCC)OC(=O)CNCC(=O)OC(COC(=O)CCCCCCCC)COC(=O)CCCCCCCC. The van der Waals surface area contributed by atoms with Gasteiger partial charge in [-0.2, -0.15) is 0 Å². The largest absolute Gasteiger partial charge is 0.462 e. The maximum absolute atomic E-state index is 12.8. The van der Waals surface area contributed by atoms with Crippen molar-refractivity contribution in [2.75, 3.05) is 39.5 Å². The highest BCUT2D eigenvalue weighted by Gasteiger charge is 2.22. The van der Waals surface area contributed by atoms with Gasteiger partial charge in [0.15, 0.2) is 12.2 Å². The highest BCUT2D eigenvalue weighted by molar-refractivity contribution is 5.75. The Balaban J connectivity index is 5.06. The van der Waals surface area contributed by atoms with Crippen molar-refractivity contribution in [1.29, 1.82) is 0 Å². The van der Waals surface area contributed by atoms with Crippen LogP contribution in [0.15, 0.2) is 0 Å². The van der Waals surface area contributed by atoms with Crippen LogP contribution >= 0.6 is 0 Å². The summed E-state index contributed by atoms with van der Waals surface area (Å²) in [5, 5.41) is 2.67. The highest BCUT2D eigenvalue weighted by atomic mass is 16.6. The third-order valence-corrected chi connectivity index (χ3v) is 9.79. The van der Waals surface area contributed by atoms with Crippen molar-refractivity contribution in [2.45, 2.75) is 220 Å². The van der Waals surface area contributed by atoms with Crippen LogP contribution in [0.1, 0.15) is 207 Å². The molecular weight excluding hydrogens is 759 g/mol. The van der Waals surface area contributed by atoms with E-state index in [0.717, 1.165) is 103 Å². The van der Waals surface area contributed by atoms with E-state index in [0.29, 0.717) is 25.7 Å². The average Bonchev–Trinajstić information content (AvgIpc) is 3.22. The van der Waals surface area contributed by atoms with Crippen molar-refractivity contribution in [1.82, 2.24) is 5.32 Å². The molecule has 1 N–H and O–H groups in total. The van der Waals surface area contributed by atoms with Crippen molar-refractivity contribution in [3.8, 4) is 0 Å². The lowest BCUT2D eigenvalue weighted by Gasteiger charge is -2.19. The first-order valence-electron chi connectivity index (χ1n) is 23.4. The molecule has 0 aromatic rings. The second kappa shape index (κ2) is 41.5. The fourth-order valence-corrected chi connectivity index (χ4v) is 6.18. The average molecular weight is 842 g/mol. The van der Waals surface area contributed by atoms with E-state index in [1.807, 2.05) is 0 Å². The van der Waals surface area contributed by atoms with E-state index in [4.69, 9.17) is 28.4 Å². The molecule has 0 atom stereocenters. The number of rotatable bonds is 42. The molecule has 0 spiro atoms. The Kier molecular flexibility index (Phi) is 39.2. The fraction of sp³-hybridized carbons (Fsp3) is 0.870. The van der Waals surface area contributed by atoms with E-state index in [9.17, 15) is 28.8 Å². The van der Waals surface area contributed by atoms with Gasteiger partial charge in [-0.15, -0.1) is 0 Å². The first-order valence-corrected chi connectivity index (χ1v) is 23.4. The molecule has 0 saturated heterocycles. The summed E-state index contributed by atoms with van der Waals surface area (Å²) in [5.41, 5.74) is 0. The van der Waals surface area contributed by atoms with Crippen LogP contribution in [0.4, 0.5) is 0 Å². The van der Waals surface area contributed by atoms with Crippen LogP contribution in [0.3, 0.4) is 0 Å². The normalized spacial score (nSPS) is 11.1. The molecule has 0 rings (SSSR count). The zero-order chi connectivity index (χ0) is 43.6. The minimum atomic E-state index is -1.03.